The lowest BCUT2D eigenvalue weighted by molar-refractivity contribution is 0.0963. The average molecular weight is 497 g/mol. The third-order valence-electron chi connectivity index (χ3n) is 6.36. The first-order valence-corrected chi connectivity index (χ1v) is 12.1. The number of carbonyl (C=O) groups is 1. The summed E-state index contributed by atoms with van der Waals surface area (Å²) >= 11 is 6.36. The summed E-state index contributed by atoms with van der Waals surface area (Å²) in [6.07, 6.45) is 3.70. The molecule has 0 bridgehead atoms. The summed E-state index contributed by atoms with van der Waals surface area (Å²) in [5.41, 5.74) is 3.56. The number of hydrogen-bond donors (Lipinski definition) is 3. The monoisotopic (exact) mass is 496 g/mol. The standard InChI is InChI=1S/C26H30ClFN6O/c1-5-34(16-10-11-18-21(14-16)30-13-7-12-26(18,2)3)25-31-15-19(27)23(33-25)32-22-17(24(35)29-4)8-6-9-20(22)28/h6,8-11,14-15,30H,5,7,12-13H2,1-4H3,(H,29,35)(H,31,32,33). The van der Waals surface area contributed by atoms with Gasteiger partial charge in [0.2, 0.25) is 5.95 Å². The number of anilines is 5. The van der Waals surface area contributed by atoms with Crippen molar-refractivity contribution in [2.45, 2.75) is 39.0 Å². The second-order valence-electron chi connectivity index (χ2n) is 9.12. The zero-order chi connectivity index (χ0) is 25.2. The van der Waals surface area contributed by atoms with Crippen molar-refractivity contribution in [2.75, 3.05) is 35.7 Å². The van der Waals surface area contributed by atoms with Gasteiger partial charge in [0.15, 0.2) is 5.82 Å². The van der Waals surface area contributed by atoms with Crippen molar-refractivity contribution < 1.29 is 9.18 Å². The topological polar surface area (TPSA) is 82.2 Å². The van der Waals surface area contributed by atoms with Gasteiger partial charge in [0, 0.05) is 31.5 Å². The minimum absolute atomic E-state index is 0.00193. The average Bonchev–Trinajstić information content (AvgIpc) is 2.99. The Balaban J connectivity index is 1.71. The van der Waals surface area contributed by atoms with Crippen LogP contribution in [-0.4, -0.2) is 36.0 Å². The van der Waals surface area contributed by atoms with Crippen molar-refractivity contribution in [3.63, 3.8) is 0 Å². The van der Waals surface area contributed by atoms with E-state index in [1.165, 1.54) is 37.0 Å². The third kappa shape index (κ3) is 5.03. The van der Waals surface area contributed by atoms with Gasteiger partial charge in [0.1, 0.15) is 10.8 Å². The molecular weight excluding hydrogens is 467 g/mol. The molecule has 0 saturated heterocycles. The number of aromatic nitrogens is 2. The van der Waals surface area contributed by atoms with E-state index in [0.29, 0.717) is 12.5 Å². The highest BCUT2D eigenvalue weighted by molar-refractivity contribution is 6.33. The number of para-hydroxylation sites is 1. The minimum atomic E-state index is -0.589. The second-order valence-corrected chi connectivity index (χ2v) is 9.53. The van der Waals surface area contributed by atoms with E-state index in [9.17, 15) is 9.18 Å². The largest absolute Gasteiger partial charge is 0.385 e. The van der Waals surface area contributed by atoms with E-state index in [4.69, 9.17) is 11.6 Å². The van der Waals surface area contributed by atoms with Gasteiger partial charge in [-0.1, -0.05) is 37.6 Å². The summed E-state index contributed by atoms with van der Waals surface area (Å²) < 4.78 is 14.7. The van der Waals surface area contributed by atoms with Crippen LogP contribution < -0.4 is 20.9 Å². The smallest absolute Gasteiger partial charge is 0.253 e. The molecule has 1 aliphatic heterocycles. The quantitative estimate of drug-likeness (QED) is 0.387. The number of rotatable bonds is 6. The lowest BCUT2D eigenvalue weighted by Gasteiger charge is -2.27. The third-order valence-corrected chi connectivity index (χ3v) is 6.63. The maximum absolute atomic E-state index is 14.7. The van der Waals surface area contributed by atoms with Crippen molar-refractivity contribution in [3.05, 3.63) is 64.6 Å². The number of fused-ring (bicyclic) bond motifs is 1. The minimum Gasteiger partial charge on any atom is -0.385 e. The van der Waals surface area contributed by atoms with Gasteiger partial charge >= 0.3 is 0 Å². The molecule has 2 aromatic carbocycles. The summed E-state index contributed by atoms with van der Waals surface area (Å²) in [5.74, 6) is -0.397. The molecule has 0 atom stereocenters. The van der Waals surface area contributed by atoms with Crippen LogP contribution in [0.4, 0.5) is 33.2 Å². The maximum atomic E-state index is 14.7. The Morgan fingerprint density at radius 1 is 1.29 bits per heavy atom. The molecule has 0 radical (unpaired) electrons. The van der Waals surface area contributed by atoms with Gasteiger partial charge < -0.3 is 20.9 Å². The van der Waals surface area contributed by atoms with Crippen LogP contribution in [0, 0.1) is 5.82 Å². The van der Waals surface area contributed by atoms with Gasteiger partial charge in [-0.2, -0.15) is 4.98 Å². The van der Waals surface area contributed by atoms with Crippen molar-refractivity contribution in [3.8, 4) is 0 Å². The molecule has 9 heteroatoms. The Morgan fingerprint density at radius 3 is 2.83 bits per heavy atom. The number of amides is 1. The van der Waals surface area contributed by atoms with Gasteiger partial charge in [-0.05, 0) is 55.0 Å². The lowest BCUT2D eigenvalue weighted by atomic mass is 9.80. The van der Waals surface area contributed by atoms with E-state index in [1.54, 1.807) is 0 Å². The highest BCUT2D eigenvalue weighted by Gasteiger charge is 2.27. The Morgan fingerprint density at radius 2 is 2.09 bits per heavy atom. The summed E-state index contributed by atoms with van der Waals surface area (Å²) in [7, 11) is 1.49. The van der Waals surface area contributed by atoms with Gasteiger partial charge in [0.05, 0.1) is 17.4 Å². The fourth-order valence-electron chi connectivity index (χ4n) is 4.43. The molecule has 7 nitrogen and oxygen atoms in total. The van der Waals surface area contributed by atoms with E-state index in [0.717, 1.165) is 30.8 Å². The van der Waals surface area contributed by atoms with Gasteiger partial charge in [-0.15, -0.1) is 0 Å². The van der Waals surface area contributed by atoms with Crippen molar-refractivity contribution in [1.82, 2.24) is 15.3 Å². The molecular formula is C26H30ClFN6O. The molecule has 2 heterocycles. The predicted octanol–water partition coefficient (Wildman–Crippen LogP) is 6.01. The van der Waals surface area contributed by atoms with Crippen molar-refractivity contribution >= 4 is 46.3 Å². The predicted molar refractivity (Wildman–Crippen MR) is 140 cm³/mol. The Hall–Kier alpha value is -3.39. The van der Waals surface area contributed by atoms with E-state index in [2.05, 4.69) is 58.0 Å². The van der Waals surface area contributed by atoms with Crippen LogP contribution in [0.1, 0.15) is 49.5 Å². The van der Waals surface area contributed by atoms with Gasteiger partial charge in [0.25, 0.3) is 5.91 Å². The molecule has 0 unspecified atom stereocenters. The first-order chi connectivity index (χ1) is 16.7. The molecule has 4 rings (SSSR count). The van der Waals surface area contributed by atoms with Crippen LogP contribution in [0.2, 0.25) is 5.02 Å². The summed E-state index contributed by atoms with van der Waals surface area (Å²) in [6.45, 7) is 8.08. The van der Waals surface area contributed by atoms with E-state index in [1.807, 2.05) is 11.8 Å². The molecule has 1 aliphatic rings. The van der Waals surface area contributed by atoms with Crippen LogP contribution in [0.25, 0.3) is 0 Å². The molecule has 1 aromatic heterocycles. The molecule has 3 N–H and O–H groups in total. The number of halogens is 2. The second kappa shape index (κ2) is 10.1. The zero-order valence-corrected chi connectivity index (χ0v) is 21.1. The molecule has 35 heavy (non-hydrogen) atoms. The molecule has 184 valence electrons. The van der Waals surface area contributed by atoms with Gasteiger partial charge in [-0.3, -0.25) is 4.79 Å². The normalized spacial score (nSPS) is 14.3. The zero-order valence-electron chi connectivity index (χ0n) is 20.4. The lowest BCUT2D eigenvalue weighted by Crippen LogP contribution is -2.21. The van der Waals surface area contributed by atoms with Crippen LogP contribution >= 0.6 is 11.6 Å². The molecule has 3 aromatic rings. The first kappa shape index (κ1) is 24.7. The number of benzene rings is 2. The Bertz CT molecular complexity index is 1250. The van der Waals surface area contributed by atoms with Crippen LogP contribution in [-0.2, 0) is 5.41 Å². The van der Waals surface area contributed by atoms with E-state index in [-0.39, 0.29) is 27.5 Å². The van der Waals surface area contributed by atoms with E-state index < -0.39 is 11.7 Å². The molecule has 0 spiro atoms. The number of nitrogens with zero attached hydrogens (tertiary/aromatic N) is 3. The number of nitrogens with one attached hydrogen (secondary N) is 3. The fourth-order valence-corrected chi connectivity index (χ4v) is 4.57. The molecule has 1 amide bonds. The SMILES string of the molecule is CCN(c1ccc2c(c1)NCCCC2(C)C)c1ncc(Cl)c(Nc2c(F)cccc2C(=O)NC)n1. The van der Waals surface area contributed by atoms with Crippen molar-refractivity contribution in [1.29, 1.82) is 0 Å². The fraction of sp³-hybridized carbons (Fsp3) is 0.346. The van der Waals surface area contributed by atoms with Crippen molar-refractivity contribution in [2.24, 2.45) is 0 Å². The summed E-state index contributed by atoms with van der Waals surface area (Å²) in [4.78, 5) is 23.2. The van der Waals surface area contributed by atoms with Gasteiger partial charge in [-0.25, -0.2) is 9.37 Å². The molecule has 0 saturated carbocycles. The molecule has 0 aliphatic carbocycles. The highest BCUT2D eigenvalue weighted by atomic mass is 35.5. The number of carbonyl (C=O) groups excluding carboxylic acids is 1. The summed E-state index contributed by atoms with van der Waals surface area (Å²) in [6, 6.07) is 10.6. The maximum Gasteiger partial charge on any atom is 0.253 e. The summed E-state index contributed by atoms with van der Waals surface area (Å²) in [5, 5.41) is 9.19. The first-order valence-electron chi connectivity index (χ1n) is 11.7. The highest BCUT2D eigenvalue weighted by Crippen LogP contribution is 2.39. The van der Waals surface area contributed by atoms with Crippen LogP contribution in [0.3, 0.4) is 0 Å². The Kier molecular flexibility index (Phi) is 7.12. The van der Waals surface area contributed by atoms with E-state index >= 15 is 0 Å². The van der Waals surface area contributed by atoms with Crippen LogP contribution in [0.5, 0.6) is 0 Å². The molecule has 0 fully saturated rings. The Labute approximate surface area is 210 Å². The van der Waals surface area contributed by atoms with Crippen LogP contribution in [0.15, 0.2) is 42.6 Å². The number of hydrogen-bond acceptors (Lipinski definition) is 6.